The summed E-state index contributed by atoms with van der Waals surface area (Å²) < 4.78 is 6.82. The first kappa shape index (κ1) is 24.3. The van der Waals surface area contributed by atoms with E-state index in [-0.39, 0.29) is 12.2 Å². The Morgan fingerprint density at radius 1 is 0.848 bits per heavy atom. The quantitative estimate of drug-likeness (QED) is 0.324. The molecule has 0 amide bonds. The van der Waals surface area contributed by atoms with Gasteiger partial charge in [-0.25, -0.2) is 0 Å². The van der Waals surface area contributed by atoms with E-state index in [0.29, 0.717) is 12.0 Å². The van der Waals surface area contributed by atoms with Crippen LogP contribution in [0, 0.1) is 5.92 Å². The van der Waals surface area contributed by atoms with E-state index in [1.807, 2.05) is 24.3 Å². The molecule has 0 aliphatic carbocycles. The molecule has 4 heteroatoms. The first-order chi connectivity index (χ1) is 16.0. The van der Waals surface area contributed by atoms with E-state index in [1.54, 1.807) is 0 Å². The highest BCUT2D eigenvalue weighted by Crippen LogP contribution is 2.34. The Morgan fingerprint density at radius 3 is 1.97 bits per heavy atom. The van der Waals surface area contributed by atoms with Gasteiger partial charge in [-0.2, -0.15) is 0 Å². The molecule has 174 valence electrons. The van der Waals surface area contributed by atoms with Gasteiger partial charge >= 0.3 is 0 Å². The van der Waals surface area contributed by atoms with E-state index in [4.69, 9.17) is 27.9 Å². The molecule has 1 aliphatic rings. The van der Waals surface area contributed by atoms with Gasteiger partial charge in [-0.3, -0.25) is 4.90 Å². The topological polar surface area (TPSA) is 12.5 Å². The Morgan fingerprint density at radius 2 is 1.42 bits per heavy atom. The minimum Gasteiger partial charge on any atom is -0.365 e. The van der Waals surface area contributed by atoms with Crippen LogP contribution in [0.4, 0.5) is 0 Å². The molecule has 3 aromatic rings. The second-order valence-corrected chi connectivity index (χ2v) is 10.2. The lowest BCUT2D eigenvalue weighted by Crippen LogP contribution is -2.48. The molecule has 3 aromatic carbocycles. The van der Waals surface area contributed by atoms with Gasteiger partial charge in [-0.1, -0.05) is 91.6 Å². The van der Waals surface area contributed by atoms with Crippen molar-refractivity contribution < 1.29 is 4.74 Å². The van der Waals surface area contributed by atoms with Crippen molar-refractivity contribution in [1.82, 2.24) is 4.90 Å². The van der Waals surface area contributed by atoms with Crippen LogP contribution in [-0.2, 0) is 11.2 Å². The Hall–Kier alpha value is -1.84. The van der Waals surface area contributed by atoms with Crippen LogP contribution >= 0.6 is 23.2 Å². The van der Waals surface area contributed by atoms with Crippen molar-refractivity contribution in [2.24, 2.45) is 5.92 Å². The molecule has 0 aromatic heterocycles. The number of benzene rings is 3. The Balaban J connectivity index is 1.47. The lowest BCUT2D eigenvalue weighted by molar-refractivity contribution is -0.0521. The van der Waals surface area contributed by atoms with Gasteiger partial charge < -0.3 is 4.74 Å². The Labute approximate surface area is 208 Å². The summed E-state index contributed by atoms with van der Waals surface area (Å²) in [6.07, 6.45) is 3.25. The Kier molecular flexibility index (Phi) is 8.49. The number of hydrogen-bond acceptors (Lipinski definition) is 2. The molecule has 0 radical (unpaired) electrons. The van der Waals surface area contributed by atoms with Crippen LogP contribution < -0.4 is 0 Å². The standard InChI is InChI=1S/C29H33Cl2NO/c1-21(2)28-20-27(17-19-32(28)18-16-22-6-4-3-5-7-22)33-29(23-8-12-25(30)13-9-23)24-10-14-26(31)15-11-24/h3-15,21,27-29H,16-20H2,1-2H3/t27-,28+/m0/s1. The highest BCUT2D eigenvalue weighted by atomic mass is 35.5. The van der Waals surface area contributed by atoms with Gasteiger partial charge in [0, 0.05) is 29.2 Å². The number of piperidine rings is 1. The molecule has 2 nitrogen and oxygen atoms in total. The summed E-state index contributed by atoms with van der Waals surface area (Å²) in [4.78, 5) is 2.66. The molecular formula is C29H33Cl2NO. The highest BCUT2D eigenvalue weighted by Gasteiger charge is 2.32. The first-order valence-electron chi connectivity index (χ1n) is 11.9. The molecule has 0 bridgehead atoms. The summed E-state index contributed by atoms with van der Waals surface area (Å²) in [6.45, 7) is 6.82. The highest BCUT2D eigenvalue weighted by molar-refractivity contribution is 6.30. The average Bonchev–Trinajstić information content (AvgIpc) is 2.83. The number of rotatable bonds is 8. The van der Waals surface area contributed by atoms with Crippen LogP contribution in [0.1, 0.15) is 49.5 Å². The van der Waals surface area contributed by atoms with Gasteiger partial charge in [0.15, 0.2) is 0 Å². The largest absolute Gasteiger partial charge is 0.365 e. The van der Waals surface area contributed by atoms with Crippen molar-refractivity contribution in [2.45, 2.75) is 51.4 Å². The Bertz CT molecular complexity index is 943. The van der Waals surface area contributed by atoms with Crippen molar-refractivity contribution in [3.05, 3.63) is 106 Å². The fourth-order valence-corrected chi connectivity index (χ4v) is 5.09. The molecule has 4 rings (SSSR count). The minimum atomic E-state index is -0.131. The van der Waals surface area contributed by atoms with Crippen LogP contribution in [0.2, 0.25) is 10.0 Å². The molecule has 1 fully saturated rings. The molecule has 1 saturated heterocycles. The number of hydrogen-bond donors (Lipinski definition) is 0. The van der Waals surface area contributed by atoms with E-state index in [0.717, 1.165) is 53.5 Å². The van der Waals surface area contributed by atoms with Crippen molar-refractivity contribution in [1.29, 1.82) is 0 Å². The monoisotopic (exact) mass is 481 g/mol. The summed E-state index contributed by atoms with van der Waals surface area (Å²) in [5, 5.41) is 1.47. The molecular weight excluding hydrogens is 449 g/mol. The van der Waals surface area contributed by atoms with Crippen molar-refractivity contribution >= 4 is 23.2 Å². The predicted octanol–water partition coefficient (Wildman–Crippen LogP) is 7.83. The van der Waals surface area contributed by atoms with E-state index < -0.39 is 0 Å². The van der Waals surface area contributed by atoms with Gasteiger partial charge in [-0.15, -0.1) is 0 Å². The zero-order valence-corrected chi connectivity index (χ0v) is 21.0. The molecule has 0 spiro atoms. The number of nitrogens with zero attached hydrogens (tertiary/aromatic N) is 1. The predicted molar refractivity (Wildman–Crippen MR) is 139 cm³/mol. The maximum absolute atomic E-state index is 6.82. The van der Waals surface area contributed by atoms with Crippen LogP contribution in [0.3, 0.4) is 0 Å². The first-order valence-corrected chi connectivity index (χ1v) is 12.7. The van der Waals surface area contributed by atoms with Gasteiger partial charge in [0.1, 0.15) is 6.10 Å². The molecule has 0 unspecified atom stereocenters. The summed E-state index contributed by atoms with van der Waals surface area (Å²) in [5.74, 6) is 0.580. The van der Waals surface area contributed by atoms with E-state index in [1.165, 1.54) is 5.56 Å². The molecule has 33 heavy (non-hydrogen) atoms. The van der Waals surface area contributed by atoms with Gasteiger partial charge in [0.25, 0.3) is 0 Å². The second-order valence-electron chi connectivity index (χ2n) is 9.35. The summed E-state index contributed by atoms with van der Waals surface area (Å²) in [5.41, 5.74) is 3.65. The smallest absolute Gasteiger partial charge is 0.108 e. The molecule has 0 saturated carbocycles. The van der Waals surface area contributed by atoms with Crippen LogP contribution in [-0.4, -0.2) is 30.1 Å². The number of likely N-dealkylation sites (tertiary alicyclic amines) is 1. The summed E-state index contributed by atoms with van der Waals surface area (Å²) in [6, 6.07) is 27.3. The number of ether oxygens (including phenoxy) is 1. The van der Waals surface area contributed by atoms with E-state index in [9.17, 15) is 0 Å². The SMILES string of the molecule is CC(C)[C@H]1C[C@@H](OC(c2ccc(Cl)cc2)c2ccc(Cl)cc2)CCN1CCc1ccccc1. The van der Waals surface area contributed by atoms with Crippen LogP contribution in [0.25, 0.3) is 0 Å². The zero-order chi connectivity index (χ0) is 23.2. The lowest BCUT2D eigenvalue weighted by atomic mass is 9.90. The van der Waals surface area contributed by atoms with Crippen LogP contribution in [0.5, 0.6) is 0 Å². The minimum absolute atomic E-state index is 0.131. The third-order valence-electron chi connectivity index (χ3n) is 6.69. The van der Waals surface area contributed by atoms with Crippen LogP contribution in [0.15, 0.2) is 78.9 Å². The third kappa shape index (κ3) is 6.61. The average molecular weight is 482 g/mol. The second kappa shape index (κ2) is 11.5. The summed E-state index contributed by atoms with van der Waals surface area (Å²) in [7, 11) is 0. The zero-order valence-electron chi connectivity index (χ0n) is 19.5. The third-order valence-corrected chi connectivity index (χ3v) is 7.19. The van der Waals surface area contributed by atoms with Crippen molar-refractivity contribution in [2.75, 3.05) is 13.1 Å². The van der Waals surface area contributed by atoms with E-state index in [2.05, 4.69) is 73.3 Å². The van der Waals surface area contributed by atoms with Crippen molar-refractivity contribution in [3.63, 3.8) is 0 Å². The fourth-order valence-electron chi connectivity index (χ4n) is 4.84. The van der Waals surface area contributed by atoms with Gasteiger partial charge in [-0.05, 0) is 66.1 Å². The normalized spacial score (nSPS) is 19.3. The summed E-state index contributed by atoms with van der Waals surface area (Å²) >= 11 is 12.3. The van der Waals surface area contributed by atoms with E-state index >= 15 is 0 Å². The molecule has 1 aliphatic heterocycles. The molecule has 2 atom stereocenters. The van der Waals surface area contributed by atoms with Crippen molar-refractivity contribution in [3.8, 4) is 0 Å². The maximum atomic E-state index is 6.82. The number of halogens is 2. The molecule has 0 N–H and O–H groups in total. The maximum Gasteiger partial charge on any atom is 0.108 e. The fraction of sp³-hybridized carbons (Fsp3) is 0.379. The van der Waals surface area contributed by atoms with Gasteiger partial charge in [0.2, 0.25) is 0 Å². The van der Waals surface area contributed by atoms with Gasteiger partial charge in [0.05, 0.1) is 6.10 Å². The lowest BCUT2D eigenvalue weighted by Gasteiger charge is -2.42. The molecule has 1 heterocycles.